The van der Waals surface area contributed by atoms with Crippen molar-refractivity contribution >= 4 is 35.6 Å². The molecule has 18 heteroatoms. The molecule has 7 rings (SSSR count). The second-order valence-corrected chi connectivity index (χ2v) is 17.6. The summed E-state index contributed by atoms with van der Waals surface area (Å²) in [4.78, 5) is 82.2. The second-order valence-electron chi connectivity index (χ2n) is 17.6. The van der Waals surface area contributed by atoms with E-state index in [1.165, 1.54) is 52.0 Å². The molecule has 4 aliphatic rings. The molecule has 3 aromatic rings. The molecule has 6 N–H and O–H groups in total. The van der Waals surface area contributed by atoms with E-state index >= 15 is 0 Å². The van der Waals surface area contributed by atoms with Crippen LogP contribution < -0.4 is 5.32 Å². The Balaban J connectivity index is 0.00000397. The minimum Gasteiger partial charge on any atom is -0.481 e. The minimum absolute atomic E-state index is 0. The maximum absolute atomic E-state index is 14.9. The maximum atomic E-state index is 14.9. The maximum Gasteiger partial charge on any atom is 0.350 e. The number of benzene rings is 3. The number of carbonyl (C=O) groups is 6. The molecule has 3 aromatic carbocycles. The summed E-state index contributed by atoms with van der Waals surface area (Å²) in [6.07, 6.45) is -12.2. The number of hydrogen-bond donors (Lipinski definition) is 6. The summed E-state index contributed by atoms with van der Waals surface area (Å²) in [6, 6.07) is 22.3. The van der Waals surface area contributed by atoms with Gasteiger partial charge in [-0.1, -0.05) is 80.6 Å². The summed E-state index contributed by atoms with van der Waals surface area (Å²) < 4.78 is 23.8. The number of Topliss-reactive ketones (excluding diaryl/α,β-unsaturated/α-hetero) is 1. The molecule has 1 saturated heterocycles. The van der Waals surface area contributed by atoms with Gasteiger partial charge in [-0.05, 0) is 54.8 Å². The Bertz CT molecular complexity index is 2310. The van der Waals surface area contributed by atoms with Crippen LogP contribution in [0.3, 0.4) is 0 Å². The van der Waals surface area contributed by atoms with Crippen LogP contribution in [-0.2, 0) is 38.1 Å². The van der Waals surface area contributed by atoms with Gasteiger partial charge in [-0.25, -0.2) is 9.59 Å². The van der Waals surface area contributed by atoms with Gasteiger partial charge in [-0.2, -0.15) is 0 Å². The van der Waals surface area contributed by atoms with Crippen molar-refractivity contribution in [2.75, 3.05) is 6.61 Å². The fraction of sp³-hybridized carbons (Fsp3) is 0.447. The van der Waals surface area contributed by atoms with E-state index in [9.17, 15) is 54.3 Å². The zero-order valence-electron chi connectivity index (χ0n) is 36.3. The van der Waals surface area contributed by atoms with Crippen LogP contribution in [0.1, 0.15) is 85.7 Å². The average Bonchev–Trinajstić information content (AvgIpc) is 3.26. The molecule has 16 nitrogen and oxygen atoms in total. The van der Waals surface area contributed by atoms with E-state index in [1.54, 1.807) is 66.7 Å². The molecule has 65 heavy (non-hydrogen) atoms. The molecule has 1 aliphatic heterocycles. The summed E-state index contributed by atoms with van der Waals surface area (Å²) in [7, 11) is 0. The molecule has 0 spiro atoms. The third-order valence-electron chi connectivity index (χ3n) is 13.7. The van der Waals surface area contributed by atoms with E-state index in [-0.39, 0.29) is 129 Å². The van der Waals surface area contributed by atoms with Gasteiger partial charge in [0, 0.05) is 118 Å². The van der Waals surface area contributed by atoms with Crippen LogP contribution in [0.5, 0.6) is 0 Å². The summed E-state index contributed by atoms with van der Waals surface area (Å²) in [6.45, 7) is 5.49. The first-order chi connectivity index (χ1) is 29.7. The Labute approximate surface area is 446 Å². The monoisotopic (exact) mass is 1320 g/mol. The quantitative estimate of drug-likeness (QED) is 0.0867. The number of nitrogens with one attached hydrogen (secondary N) is 1. The summed E-state index contributed by atoms with van der Waals surface area (Å²) in [5, 5.41) is 61.9. The smallest absolute Gasteiger partial charge is 0.350 e. The Morgan fingerprint density at radius 1 is 0.831 bits per heavy atom. The fourth-order valence-corrected chi connectivity index (χ4v) is 10.1. The third-order valence-corrected chi connectivity index (χ3v) is 13.7. The molecule has 340 valence electrons. The van der Waals surface area contributed by atoms with E-state index in [0.29, 0.717) is 0 Å². The van der Waals surface area contributed by atoms with Crippen molar-refractivity contribution in [3.63, 3.8) is 0 Å². The van der Waals surface area contributed by atoms with Crippen LogP contribution in [0.15, 0.2) is 102 Å². The zero-order valence-corrected chi connectivity index (χ0v) is 45.8. The Morgan fingerprint density at radius 2 is 1.40 bits per heavy atom. The van der Waals surface area contributed by atoms with Crippen molar-refractivity contribution in [2.45, 2.75) is 107 Å². The van der Waals surface area contributed by atoms with E-state index in [4.69, 9.17) is 18.9 Å². The van der Waals surface area contributed by atoms with Crippen LogP contribution in [0, 0.1) is 105 Å². The van der Waals surface area contributed by atoms with Crippen molar-refractivity contribution in [3.8, 4) is 0 Å². The van der Waals surface area contributed by atoms with Gasteiger partial charge in [0.05, 0.1) is 42.6 Å². The van der Waals surface area contributed by atoms with Crippen molar-refractivity contribution in [1.82, 2.24) is 5.32 Å². The van der Waals surface area contributed by atoms with Crippen molar-refractivity contribution in [3.05, 3.63) is 119 Å². The number of aliphatic carboxylic acids is 1. The molecule has 1 heterocycles. The van der Waals surface area contributed by atoms with Crippen LogP contribution in [-0.4, -0.2) is 116 Å². The number of aliphatic hydroxyl groups excluding tert-OH is 2. The van der Waals surface area contributed by atoms with Crippen LogP contribution in [0.25, 0.3) is 0 Å². The van der Waals surface area contributed by atoms with Crippen LogP contribution >= 0.6 is 0 Å². The standard InChI is InChI=1S/C47H51NO15.2Ac/c1-25-29(61-43(57)37(62-33(52)21-20-32(50)51)35(26-14-8-5-9-15-26)48-41(55)27-16-10-6-11-17-27)23-47(59)40(63-42(56)28-18-12-7-13-19-28)38-45(4,30(49)22-31-46(38,58)24-60-31)39(54)36(53)34(25)44(47,2)3;;/h5-19,29-31,35-38,40,49,53,58-59H,20-24H2,1-4H3,(H,48,55)(H,50,51);;/t29?,30?,31?,35?,36?,37?,38?,40-,45+,46?,47?;;/m0../s1. The first kappa shape index (κ1) is 53.1. The predicted molar refractivity (Wildman–Crippen MR) is 219 cm³/mol. The van der Waals surface area contributed by atoms with Gasteiger partial charge in [0.25, 0.3) is 5.91 Å². The number of ketones is 1. The molecule has 3 aliphatic carbocycles. The molecular weight excluding hydrogens is 1270 g/mol. The summed E-state index contributed by atoms with van der Waals surface area (Å²) in [5.74, 6) is -7.87. The largest absolute Gasteiger partial charge is 0.481 e. The summed E-state index contributed by atoms with van der Waals surface area (Å²) in [5.41, 5.74) is -7.58. The fourth-order valence-electron chi connectivity index (χ4n) is 10.1. The van der Waals surface area contributed by atoms with Gasteiger partial charge in [0.15, 0.2) is 5.78 Å². The number of ether oxygens (including phenoxy) is 4. The number of carboxylic acid groups (broad SMARTS) is 1. The molecule has 2 radical (unpaired) electrons. The Kier molecular flexibility index (Phi) is 17.0. The number of esters is 3. The minimum atomic E-state index is -2.41. The first-order valence-corrected chi connectivity index (χ1v) is 20.7. The van der Waals surface area contributed by atoms with Gasteiger partial charge in [0.1, 0.15) is 35.6 Å². The molecule has 3 fully saturated rings. The normalized spacial score (nSPS) is 30.6. The molecule has 2 saturated carbocycles. The Morgan fingerprint density at radius 3 is 1.95 bits per heavy atom. The third kappa shape index (κ3) is 9.73. The molecule has 2 bridgehead atoms. The molecular formula is C47H51Ac2NO15. The summed E-state index contributed by atoms with van der Waals surface area (Å²) >= 11 is 0. The van der Waals surface area contributed by atoms with Crippen molar-refractivity contribution in [2.24, 2.45) is 16.7 Å². The SMILES string of the molecule is CC1=C2C(O)C(=O)[C@]3(C)C(O)CC4OCC4(O)C3[C@H](OC(=O)c3ccccc3)C(O)(CC1OC(=O)C(OC(=O)CCC(=O)O)C(NC(=O)c1ccccc1)c1ccccc1)C2(C)C.[Ac].[Ac]. The van der Waals surface area contributed by atoms with Gasteiger partial charge >= 0.3 is 23.9 Å². The van der Waals surface area contributed by atoms with Gasteiger partial charge in [-0.3, -0.25) is 19.2 Å². The number of carboxylic acids is 1. The topological polar surface area (TPSA) is 253 Å². The number of rotatable bonds is 12. The number of fused-ring (bicyclic) bond motifs is 5. The van der Waals surface area contributed by atoms with Crippen LogP contribution in [0.4, 0.5) is 0 Å². The number of amides is 1. The van der Waals surface area contributed by atoms with E-state index in [2.05, 4.69) is 5.32 Å². The van der Waals surface area contributed by atoms with Crippen molar-refractivity contribution in [1.29, 1.82) is 0 Å². The van der Waals surface area contributed by atoms with Gasteiger partial charge in [-0.15, -0.1) is 0 Å². The van der Waals surface area contributed by atoms with Crippen molar-refractivity contribution < 1.29 is 161 Å². The van der Waals surface area contributed by atoms with E-state index < -0.39 is 125 Å². The second kappa shape index (κ2) is 20.8. The predicted octanol–water partition coefficient (Wildman–Crippen LogP) is 3.01. The molecule has 11 atom stereocenters. The molecule has 0 aromatic heterocycles. The van der Waals surface area contributed by atoms with E-state index in [1.807, 2.05) is 0 Å². The number of carbonyl (C=O) groups excluding carboxylic acids is 5. The van der Waals surface area contributed by atoms with Gasteiger partial charge in [0.2, 0.25) is 6.10 Å². The Hall–Kier alpha value is -2.90. The first-order valence-electron chi connectivity index (χ1n) is 20.7. The number of hydrogen-bond acceptors (Lipinski definition) is 14. The zero-order chi connectivity index (χ0) is 45.6. The van der Waals surface area contributed by atoms with Gasteiger partial charge < -0.3 is 49.8 Å². The van der Waals surface area contributed by atoms with Crippen LogP contribution in [0.2, 0.25) is 0 Å². The molecule has 9 unspecified atom stereocenters. The number of aliphatic hydroxyl groups is 4. The van der Waals surface area contributed by atoms with E-state index in [0.717, 1.165) is 0 Å². The molecule has 1 amide bonds. The average molecular weight is 1320 g/mol.